The molecular weight excluding hydrogens is 414 g/mol. The highest BCUT2D eigenvalue weighted by molar-refractivity contribution is 5.90. The van der Waals surface area contributed by atoms with Gasteiger partial charge in [-0.1, -0.05) is 42.5 Å². The Bertz CT molecular complexity index is 1240. The monoisotopic (exact) mass is 441 g/mol. The first-order chi connectivity index (χ1) is 16.1. The summed E-state index contributed by atoms with van der Waals surface area (Å²) in [5, 5.41) is 11.7. The summed E-state index contributed by atoms with van der Waals surface area (Å²) >= 11 is 0. The quantitative estimate of drug-likeness (QED) is 0.332. The van der Waals surface area contributed by atoms with E-state index in [-0.39, 0.29) is 5.91 Å². The second-order valence-corrected chi connectivity index (χ2v) is 7.66. The van der Waals surface area contributed by atoms with Crippen molar-refractivity contribution < 1.29 is 9.53 Å². The van der Waals surface area contributed by atoms with Crippen LogP contribution in [-0.2, 0) is 11.2 Å². The van der Waals surface area contributed by atoms with Crippen molar-refractivity contribution in [3.63, 3.8) is 0 Å². The average Bonchev–Trinajstić information content (AvgIpc) is 2.82. The van der Waals surface area contributed by atoms with Crippen LogP contribution in [0.4, 0.5) is 17.5 Å². The summed E-state index contributed by atoms with van der Waals surface area (Å²) < 4.78 is 5.19. The lowest BCUT2D eigenvalue weighted by molar-refractivity contribution is -0.120. The summed E-state index contributed by atoms with van der Waals surface area (Å²) in [6.07, 6.45) is 0.345. The van der Waals surface area contributed by atoms with Crippen molar-refractivity contribution in [2.75, 3.05) is 30.8 Å². The fourth-order valence-corrected chi connectivity index (χ4v) is 3.59. The molecule has 1 amide bonds. The average molecular weight is 442 g/mol. The van der Waals surface area contributed by atoms with E-state index in [1.54, 1.807) is 7.11 Å². The molecule has 0 spiro atoms. The van der Waals surface area contributed by atoms with E-state index in [0.29, 0.717) is 31.3 Å². The first-order valence-corrected chi connectivity index (χ1v) is 10.8. The van der Waals surface area contributed by atoms with Crippen LogP contribution in [0.25, 0.3) is 10.8 Å². The van der Waals surface area contributed by atoms with E-state index in [0.717, 1.165) is 33.5 Å². The zero-order valence-electron chi connectivity index (χ0n) is 18.8. The summed E-state index contributed by atoms with van der Waals surface area (Å²) in [5.41, 5.74) is 2.76. The van der Waals surface area contributed by atoms with Crippen LogP contribution in [-0.4, -0.2) is 36.1 Å². The maximum atomic E-state index is 12.4. The van der Waals surface area contributed by atoms with Gasteiger partial charge in [0.2, 0.25) is 11.9 Å². The highest BCUT2D eigenvalue weighted by atomic mass is 16.5. The fourth-order valence-electron chi connectivity index (χ4n) is 3.59. The summed E-state index contributed by atoms with van der Waals surface area (Å²) in [5.74, 6) is 1.98. The number of amides is 1. The Balaban J connectivity index is 1.28. The standard InChI is InChI=1S/C26H27N5O2/c1-18-16-24(30-21-10-12-22(33-2)13-11-21)31-26(29-18)28-15-14-27-25(32)17-20-8-5-7-19-6-3-4-9-23(19)20/h3-13,16H,14-15,17H2,1-2H3,(H,27,32)(H2,28,29,30,31). The van der Waals surface area contributed by atoms with E-state index in [2.05, 4.69) is 38.1 Å². The minimum atomic E-state index is -0.0137. The minimum Gasteiger partial charge on any atom is -0.497 e. The molecule has 4 rings (SSSR count). The molecule has 1 aromatic heterocycles. The number of nitrogens with zero attached hydrogens (tertiary/aromatic N) is 2. The molecule has 33 heavy (non-hydrogen) atoms. The summed E-state index contributed by atoms with van der Waals surface area (Å²) in [7, 11) is 1.64. The van der Waals surface area contributed by atoms with Crippen LogP contribution >= 0.6 is 0 Å². The van der Waals surface area contributed by atoms with Gasteiger partial charge in [-0.25, -0.2) is 4.98 Å². The molecule has 0 saturated heterocycles. The van der Waals surface area contributed by atoms with Crippen LogP contribution in [0.15, 0.2) is 72.8 Å². The molecule has 7 nitrogen and oxygen atoms in total. The predicted octanol–water partition coefficient (Wildman–Crippen LogP) is 4.46. The van der Waals surface area contributed by atoms with Gasteiger partial charge in [0.15, 0.2) is 0 Å². The van der Waals surface area contributed by atoms with Crippen molar-refractivity contribution in [2.24, 2.45) is 0 Å². The van der Waals surface area contributed by atoms with Gasteiger partial charge in [0.05, 0.1) is 13.5 Å². The van der Waals surface area contributed by atoms with Gasteiger partial charge >= 0.3 is 0 Å². The molecule has 168 valence electrons. The second-order valence-electron chi connectivity index (χ2n) is 7.66. The number of fused-ring (bicyclic) bond motifs is 1. The third kappa shape index (κ3) is 5.98. The lowest BCUT2D eigenvalue weighted by atomic mass is 10.0. The zero-order chi connectivity index (χ0) is 23.0. The van der Waals surface area contributed by atoms with E-state index in [9.17, 15) is 4.79 Å². The van der Waals surface area contributed by atoms with Crippen molar-refractivity contribution in [2.45, 2.75) is 13.3 Å². The molecule has 0 saturated carbocycles. The molecule has 0 aliphatic carbocycles. The second kappa shape index (κ2) is 10.5. The summed E-state index contributed by atoms with van der Waals surface area (Å²) in [6.45, 7) is 2.91. The lowest BCUT2D eigenvalue weighted by Gasteiger charge is -2.11. The third-order valence-electron chi connectivity index (χ3n) is 5.18. The Kier molecular flexibility index (Phi) is 6.99. The van der Waals surface area contributed by atoms with Gasteiger partial charge in [0, 0.05) is 30.5 Å². The van der Waals surface area contributed by atoms with Gasteiger partial charge in [-0.05, 0) is 47.5 Å². The van der Waals surface area contributed by atoms with Gasteiger partial charge in [-0.3, -0.25) is 4.79 Å². The van der Waals surface area contributed by atoms with Crippen LogP contribution in [0.2, 0.25) is 0 Å². The number of anilines is 3. The molecule has 7 heteroatoms. The zero-order valence-corrected chi connectivity index (χ0v) is 18.8. The number of aryl methyl sites for hydroxylation is 1. The molecule has 0 fully saturated rings. The van der Waals surface area contributed by atoms with Crippen LogP contribution in [0, 0.1) is 6.92 Å². The smallest absolute Gasteiger partial charge is 0.224 e. The molecule has 3 aromatic carbocycles. The molecule has 0 bridgehead atoms. The minimum absolute atomic E-state index is 0.0137. The maximum Gasteiger partial charge on any atom is 0.224 e. The number of nitrogens with one attached hydrogen (secondary N) is 3. The van der Waals surface area contributed by atoms with Crippen molar-refractivity contribution in [1.82, 2.24) is 15.3 Å². The van der Waals surface area contributed by atoms with Gasteiger partial charge in [-0.2, -0.15) is 4.98 Å². The van der Waals surface area contributed by atoms with E-state index < -0.39 is 0 Å². The molecule has 0 atom stereocenters. The Hall–Kier alpha value is -4.13. The molecule has 0 aliphatic rings. The van der Waals surface area contributed by atoms with Crippen LogP contribution in [0.1, 0.15) is 11.3 Å². The molecule has 4 aromatic rings. The number of ether oxygens (including phenoxy) is 1. The lowest BCUT2D eigenvalue weighted by Crippen LogP contribution is -2.30. The summed E-state index contributed by atoms with van der Waals surface area (Å²) in [4.78, 5) is 21.4. The molecular formula is C26H27N5O2. The highest BCUT2D eigenvalue weighted by Gasteiger charge is 2.07. The van der Waals surface area contributed by atoms with Crippen molar-refractivity contribution >= 4 is 34.1 Å². The molecule has 0 aliphatic heterocycles. The molecule has 3 N–H and O–H groups in total. The topological polar surface area (TPSA) is 88.2 Å². The van der Waals surface area contributed by atoms with Crippen LogP contribution in [0.3, 0.4) is 0 Å². The number of rotatable bonds is 9. The van der Waals surface area contributed by atoms with Gasteiger partial charge < -0.3 is 20.7 Å². The molecule has 0 unspecified atom stereocenters. The first kappa shape index (κ1) is 22.1. The number of hydrogen-bond acceptors (Lipinski definition) is 6. The van der Waals surface area contributed by atoms with E-state index in [4.69, 9.17) is 4.74 Å². The van der Waals surface area contributed by atoms with Crippen molar-refractivity contribution in [3.8, 4) is 5.75 Å². The fraction of sp³-hybridized carbons (Fsp3) is 0.192. The number of hydrogen-bond donors (Lipinski definition) is 3. The third-order valence-corrected chi connectivity index (χ3v) is 5.18. The SMILES string of the molecule is COc1ccc(Nc2cc(C)nc(NCCNC(=O)Cc3cccc4ccccc34)n2)cc1. The van der Waals surface area contributed by atoms with E-state index >= 15 is 0 Å². The highest BCUT2D eigenvalue weighted by Crippen LogP contribution is 2.20. The summed E-state index contributed by atoms with van der Waals surface area (Å²) in [6, 6.07) is 23.6. The predicted molar refractivity (Wildman–Crippen MR) is 132 cm³/mol. The Morgan fingerprint density at radius 2 is 1.73 bits per heavy atom. The number of carbonyl (C=O) groups excluding carboxylic acids is 1. The van der Waals surface area contributed by atoms with Gasteiger partial charge in [0.1, 0.15) is 11.6 Å². The van der Waals surface area contributed by atoms with Crippen LogP contribution < -0.4 is 20.7 Å². The number of methoxy groups -OCH3 is 1. The number of benzene rings is 3. The van der Waals surface area contributed by atoms with E-state index in [1.807, 2.05) is 67.6 Å². The van der Waals surface area contributed by atoms with Gasteiger partial charge in [0.25, 0.3) is 0 Å². The molecule has 0 radical (unpaired) electrons. The van der Waals surface area contributed by atoms with Crippen molar-refractivity contribution in [1.29, 1.82) is 0 Å². The first-order valence-electron chi connectivity index (χ1n) is 10.8. The Labute approximate surface area is 193 Å². The Morgan fingerprint density at radius 3 is 2.55 bits per heavy atom. The number of carbonyl (C=O) groups is 1. The normalized spacial score (nSPS) is 10.6. The van der Waals surface area contributed by atoms with Crippen molar-refractivity contribution in [3.05, 3.63) is 84.1 Å². The molecule has 1 heterocycles. The maximum absolute atomic E-state index is 12.4. The van der Waals surface area contributed by atoms with E-state index in [1.165, 1.54) is 0 Å². The Morgan fingerprint density at radius 1 is 0.939 bits per heavy atom. The van der Waals surface area contributed by atoms with Crippen LogP contribution in [0.5, 0.6) is 5.75 Å². The van der Waals surface area contributed by atoms with Gasteiger partial charge in [-0.15, -0.1) is 0 Å². The largest absolute Gasteiger partial charge is 0.497 e. The number of aromatic nitrogens is 2.